The van der Waals surface area contributed by atoms with Crippen molar-refractivity contribution in [1.82, 2.24) is 0 Å². The van der Waals surface area contributed by atoms with Crippen molar-refractivity contribution in [3.63, 3.8) is 0 Å². The predicted molar refractivity (Wildman–Crippen MR) is 54.2 cm³/mol. The van der Waals surface area contributed by atoms with E-state index < -0.39 is 11.6 Å². The molecule has 0 aliphatic rings. The first-order valence-electron chi connectivity index (χ1n) is 3.45. The van der Waals surface area contributed by atoms with Crippen molar-refractivity contribution in [1.29, 1.82) is 0 Å². The van der Waals surface area contributed by atoms with E-state index in [4.69, 9.17) is 11.6 Å². The van der Waals surface area contributed by atoms with Gasteiger partial charge in [0.2, 0.25) is 0 Å². The average Bonchev–Trinajstić information content (AvgIpc) is 2.12. The van der Waals surface area contributed by atoms with Crippen molar-refractivity contribution >= 4 is 33.1 Å². The maximum Gasteiger partial charge on any atom is 0.142 e. The van der Waals surface area contributed by atoms with Gasteiger partial charge < -0.3 is 0 Å². The number of hydrogen-bond donors (Lipinski definition) is 0. The van der Waals surface area contributed by atoms with Crippen LogP contribution in [0.4, 0.5) is 8.78 Å². The van der Waals surface area contributed by atoms with E-state index >= 15 is 0 Å². The van der Waals surface area contributed by atoms with Crippen LogP contribution in [0.3, 0.4) is 0 Å². The minimum atomic E-state index is -0.639. The monoisotopic (exact) mass is 266 g/mol. The molecule has 0 N–H and O–H groups in total. The number of benzene rings is 1. The van der Waals surface area contributed by atoms with Crippen LogP contribution in [-0.2, 0) is 0 Å². The van der Waals surface area contributed by atoms with Crippen molar-refractivity contribution in [2.75, 3.05) is 5.33 Å². The zero-order valence-electron chi connectivity index (χ0n) is 6.58. The first-order chi connectivity index (χ1) is 6.07. The van der Waals surface area contributed by atoms with Crippen LogP contribution in [0.5, 0.6) is 0 Å². The summed E-state index contributed by atoms with van der Waals surface area (Å²) >= 11 is 8.67. The summed E-state index contributed by atoms with van der Waals surface area (Å²) in [5.41, 5.74) is 0.459. The van der Waals surface area contributed by atoms with Gasteiger partial charge in [0.05, 0.1) is 5.02 Å². The molecule has 0 nitrogen and oxygen atoms in total. The quantitative estimate of drug-likeness (QED) is 0.561. The van der Waals surface area contributed by atoms with Gasteiger partial charge in [-0.25, -0.2) is 8.78 Å². The Balaban J connectivity index is 3.33. The standard InChI is InChI=1S/C9H6BrClF2/c1-5(4-10)8-6(12)2-3-7(13)9(8)11/h2-3H,1,4H2. The number of allylic oxidation sites excluding steroid dienone is 1. The Labute approximate surface area is 88.3 Å². The van der Waals surface area contributed by atoms with E-state index in [2.05, 4.69) is 22.5 Å². The van der Waals surface area contributed by atoms with Gasteiger partial charge in [-0.15, -0.1) is 0 Å². The van der Waals surface area contributed by atoms with Crippen molar-refractivity contribution < 1.29 is 8.78 Å². The Bertz CT molecular complexity index is 350. The zero-order valence-corrected chi connectivity index (χ0v) is 8.92. The van der Waals surface area contributed by atoms with Gasteiger partial charge in [0, 0.05) is 10.9 Å². The number of rotatable bonds is 2. The van der Waals surface area contributed by atoms with Crippen molar-refractivity contribution in [3.8, 4) is 0 Å². The minimum Gasteiger partial charge on any atom is -0.206 e. The molecular formula is C9H6BrClF2. The predicted octanol–water partition coefficient (Wildman–Crippen LogP) is 4.03. The molecule has 0 bridgehead atoms. The fraction of sp³-hybridized carbons (Fsp3) is 0.111. The van der Waals surface area contributed by atoms with Gasteiger partial charge in [-0.2, -0.15) is 0 Å². The smallest absolute Gasteiger partial charge is 0.142 e. The largest absolute Gasteiger partial charge is 0.206 e. The van der Waals surface area contributed by atoms with Gasteiger partial charge in [-0.1, -0.05) is 34.1 Å². The second-order valence-electron chi connectivity index (χ2n) is 2.46. The van der Waals surface area contributed by atoms with Crippen LogP contribution in [0.25, 0.3) is 5.57 Å². The highest BCUT2D eigenvalue weighted by molar-refractivity contribution is 9.09. The van der Waals surface area contributed by atoms with Crippen molar-refractivity contribution in [2.45, 2.75) is 0 Å². The maximum atomic E-state index is 13.1. The molecule has 1 aromatic rings. The van der Waals surface area contributed by atoms with Crippen molar-refractivity contribution in [3.05, 3.63) is 40.9 Å². The summed E-state index contributed by atoms with van der Waals surface area (Å²) < 4.78 is 26.0. The van der Waals surface area contributed by atoms with E-state index in [1.807, 2.05) is 0 Å². The third kappa shape index (κ3) is 2.09. The van der Waals surface area contributed by atoms with Gasteiger partial charge in [0.15, 0.2) is 0 Å². The Morgan fingerprint density at radius 2 is 1.92 bits per heavy atom. The molecule has 0 heterocycles. The SMILES string of the molecule is C=C(CBr)c1c(F)ccc(F)c1Cl. The Morgan fingerprint density at radius 3 is 2.46 bits per heavy atom. The first kappa shape index (κ1) is 10.7. The molecule has 1 rings (SSSR count). The third-order valence-electron chi connectivity index (χ3n) is 1.56. The van der Waals surface area contributed by atoms with E-state index in [1.165, 1.54) is 0 Å². The lowest BCUT2D eigenvalue weighted by Crippen LogP contribution is -1.93. The fourth-order valence-electron chi connectivity index (χ4n) is 0.918. The van der Waals surface area contributed by atoms with Crippen LogP contribution in [0.2, 0.25) is 5.02 Å². The molecule has 70 valence electrons. The highest BCUT2D eigenvalue weighted by Crippen LogP contribution is 2.28. The van der Waals surface area contributed by atoms with Gasteiger partial charge >= 0.3 is 0 Å². The van der Waals surface area contributed by atoms with Crippen LogP contribution >= 0.6 is 27.5 Å². The van der Waals surface area contributed by atoms with E-state index in [1.54, 1.807) is 0 Å². The fourth-order valence-corrected chi connectivity index (χ4v) is 1.49. The molecule has 0 saturated heterocycles. The Hall–Kier alpha value is -0.410. The molecule has 0 saturated carbocycles. The van der Waals surface area contributed by atoms with Crippen LogP contribution in [-0.4, -0.2) is 5.33 Å². The molecule has 0 spiro atoms. The minimum absolute atomic E-state index is 0.0403. The summed E-state index contributed by atoms with van der Waals surface area (Å²) in [5.74, 6) is -1.20. The Morgan fingerprint density at radius 1 is 1.38 bits per heavy atom. The maximum absolute atomic E-state index is 13.1. The second-order valence-corrected chi connectivity index (χ2v) is 3.39. The molecular weight excluding hydrogens is 261 g/mol. The van der Waals surface area contributed by atoms with Crippen LogP contribution in [0, 0.1) is 11.6 Å². The van der Waals surface area contributed by atoms with Gasteiger partial charge in [0.1, 0.15) is 11.6 Å². The average molecular weight is 268 g/mol. The van der Waals surface area contributed by atoms with E-state index in [0.29, 0.717) is 10.9 Å². The van der Waals surface area contributed by atoms with Gasteiger partial charge in [0.25, 0.3) is 0 Å². The van der Waals surface area contributed by atoms with E-state index in [-0.39, 0.29) is 10.6 Å². The molecule has 0 atom stereocenters. The number of alkyl halides is 1. The zero-order chi connectivity index (χ0) is 10.0. The number of halogens is 4. The summed E-state index contributed by atoms with van der Waals surface area (Å²) in [6.45, 7) is 3.57. The lowest BCUT2D eigenvalue weighted by atomic mass is 10.1. The first-order valence-corrected chi connectivity index (χ1v) is 4.95. The molecule has 0 aromatic heterocycles. The number of hydrogen-bond acceptors (Lipinski definition) is 0. The molecule has 0 aliphatic carbocycles. The second kappa shape index (κ2) is 4.20. The molecule has 1 aromatic carbocycles. The normalized spacial score (nSPS) is 10.2. The molecule has 0 amide bonds. The van der Waals surface area contributed by atoms with E-state index in [0.717, 1.165) is 12.1 Å². The van der Waals surface area contributed by atoms with Crippen LogP contribution in [0.1, 0.15) is 5.56 Å². The molecule has 0 fully saturated rings. The lowest BCUT2D eigenvalue weighted by molar-refractivity contribution is 0.597. The Kier molecular flexibility index (Phi) is 3.45. The topological polar surface area (TPSA) is 0 Å². The molecule has 13 heavy (non-hydrogen) atoms. The highest BCUT2D eigenvalue weighted by atomic mass is 79.9. The van der Waals surface area contributed by atoms with Crippen molar-refractivity contribution in [2.24, 2.45) is 0 Å². The molecule has 4 heteroatoms. The molecule has 0 radical (unpaired) electrons. The summed E-state index contributed by atoms with van der Waals surface area (Å²) in [7, 11) is 0. The molecule has 0 aliphatic heterocycles. The van der Waals surface area contributed by atoms with E-state index in [9.17, 15) is 8.78 Å². The summed E-state index contributed by atoms with van der Waals surface area (Å²) in [4.78, 5) is 0. The van der Waals surface area contributed by atoms with Crippen LogP contribution in [0.15, 0.2) is 18.7 Å². The summed E-state index contributed by atoms with van der Waals surface area (Å²) in [5, 5.41) is 0.136. The molecule has 0 unspecified atom stereocenters. The van der Waals surface area contributed by atoms with Crippen LogP contribution < -0.4 is 0 Å². The van der Waals surface area contributed by atoms with Gasteiger partial charge in [-0.05, 0) is 17.7 Å². The lowest BCUT2D eigenvalue weighted by Gasteiger charge is -2.06. The van der Waals surface area contributed by atoms with Gasteiger partial charge in [-0.3, -0.25) is 0 Å². The highest BCUT2D eigenvalue weighted by Gasteiger charge is 2.13. The summed E-state index contributed by atoms with van der Waals surface area (Å²) in [6.07, 6.45) is 0. The third-order valence-corrected chi connectivity index (χ3v) is 2.61. The summed E-state index contributed by atoms with van der Waals surface area (Å²) in [6, 6.07) is 2.02.